The Bertz CT molecular complexity index is 1290. The largest absolute Gasteiger partial charge is 0.416 e. The average molecular weight is 412 g/mol. The molecule has 0 saturated carbocycles. The van der Waals surface area contributed by atoms with Crippen LogP contribution in [0.1, 0.15) is 21.8 Å². The van der Waals surface area contributed by atoms with E-state index in [4.69, 9.17) is 0 Å². The molecule has 2 aromatic heterocycles. The zero-order chi connectivity index (χ0) is 20.6. The summed E-state index contributed by atoms with van der Waals surface area (Å²) in [4.78, 5) is 18.7. The number of fused-ring (bicyclic) bond motifs is 1. The van der Waals surface area contributed by atoms with Crippen LogP contribution < -0.4 is 5.56 Å². The normalized spacial score (nSPS) is 12.1. The van der Waals surface area contributed by atoms with E-state index in [2.05, 4.69) is 4.98 Å². The quantitative estimate of drug-likeness (QED) is 0.417. The first-order chi connectivity index (χ1) is 13.8. The van der Waals surface area contributed by atoms with Crippen molar-refractivity contribution in [3.63, 3.8) is 0 Å². The number of hydrogen-bond donors (Lipinski definition) is 0. The Balaban J connectivity index is 1.97. The van der Waals surface area contributed by atoms with Crippen LogP contribution >= 0.6 is 11.3 Å². The van der Waals surface area contributed by atoms with Crippen LogP contribution in [0.25, 0.3) is 28.7 Å². The van der Waals surface area contributed by atoms with Gasteiger partial charge in [0.1, 0.15) is 5.82 Å². The van der Waals surface area contributed by atoms with E-state index >= 15 is 0 Å². The van der Waals surface area contributed by atoms with E-state index < -0.39 is 17.3 Å². The Hall–Kier alpha value is -3.19. The van der Waals surface area contributed by atoms with Crippen LogP contribution in [-0.4, -0.2) is 9.55 Å². The molecule has 146 valence electrons. The Morgan fingerprint density at radius 3 is 2.55 bits per heavy atom. The second-order valence-electron chi connectivity index (χ2n) is 6.48. The van der Waals surface area contributed by atoms with Gasteiger partial charge < -0.3 is 0 Å². The summed E-state index contributed by atoms with van der Waals surface area (Å²) in [6, 6.07) is 13.5. The van der Waals surface area contributed by atoms with Gasteiger partial charge in [-0.15, -0.1) is 11.3 Å². The molecule has 2 aromatic carbocycles. The number of alkyl halides is 3. The van der Waals surface area contributed by atoms with Crippen LogP contribution in [0.4, 0.5) is 13.2 Å². The van der Waals surface area contributed by atoms with E-state index in [0.717, 1.165) is 22.6 Å². The lowest BCUT2D eigenvalue weighted by molar-refractivity contribution is -0.137. The number of nitrogens with zero attached hydrogens (tertiary/aromatic N) is 2. The van der Waals surface area contributed by atoms with E-state index in [0.29, 0.717) is 10.9 Å². The van der Waals surface area contributed by atoms with Gasteiger partial charge in [0.2, 0.25) is 0 Å². The van der Waals surface area contributed by atoms with Crippen molar-refractivity contribution in [1.82, 2.24) is 9.55 Å². The Labute approximate surface area is 168 Å². The highest BCUT2D eigenvalue weighted by Crippen LogP contribution is 2.30. The fourth-order valence-electron chi connectivity index (χ4n) is 3.04. The Morgan fingerprint density at radius 2 is 1.83 bits per heavy atom. The lowest BCUT2D eigenvalue weighted by atomic mass is 10.1. The number of para-hydroxylation sites is 1. The maximum atomic E-state index is 13.2. The molecule has 3 nitrogen and oxygen atoms in total. The van der Waals surface area contributed by atoms with Gasteiger partial charge in [-0.25, -0.2) is 4.98 Å². The predicted octanol–water partition coefficient (Wildman–Crippen LogP) is 5.94. The Morgan fingerprint density at radius 1 is 1.03 bits per heavy atom. The molecular formula is C22H15F3N2OS. The zero-order valence-corrected chi connectivity index (χ0v) is 16.1. The van der Waals surface area contributed by atoms with Crippen molar-refractivity contribution in [1.29, 1.82) is 0 Å². The molecule has 0 unspecified atom stereocenters. The third kappa shape index (κ3) is 3.73. The number of thiophene rings is 1. The van der Waals surface area contributed by atoms with Crippen molar-refractivity contribution in [3.8, 4) is 5.69 Å². The molecule has 0 atom stereocenters. The maximum Gasteiger partial charge on any atom is 0.416 e. The number of aromatic nitrogens is 2. The Kier molecular flexibility index (Phi) is 4.84. The van der Waals surface area contributed by atoms with Crippen LogP contribution in [0.15, 0.2) is 64.8 Å². The summed E-state index contributed by atoms with van der Waals surface area (Å²) in [5, 5.41) is 2.29. The average Bonchev–Trinajstić information content (AvgIpc) is 3.11. The summed E-state index contributed by atoms with van der Waals surface area (Å²) in [5.74, 6) is 0.265. The number of benzene rings is 2. The predicted molar refractivity (Wildman–Crippen MR) is 110 cm³/mol. The first-order valence-corrected chi connectivity index (χ1v) is 9.64. The fraction of sp³-hybridized carbons (Fsp3) is 0.0909. The highest BCUT2D eigenvalue weighted by atomic mass is 32.1. The highest BCUT2D eigenvalue weighted by molar-refractivity contribution is 7.11. The molecule has 0 N–H and O–H groups in total. The molecule has 4 rings (SSSR count). The SMILES string of the molecule is Cc1ccsc1C=Cc1nc2ccccc2c(=O)n1-c1cccc(C(F)(F)F)c1. The first kappa shape index (κ1) is 19.1. The van der Waals surface area contributed by atoms with Crippen molar-refractivity contribution in [3.05, 3.63) is 92.2 Å². The molecule has 0 amide bonds. The zero-order valence-electron chi connectivity index (χ0n) is 15.3. The van der Waals surface area contributed by atoms with Crippen molar-refractivity contribution < 1.29 is 13.2 Å². The molecule has 0 saturated heterocycles. The van der Waals surface area contributed by atoms with Crippen LogP contribution in [0.3, 0.4) is 0 Å². The summed E-state index contributed by atoms with van der Waals surface area (Å²) in [6.07, 6.45) is -1.03. The van der Waals surface area contributed by atoms with Crippen LogP contribution in [0, 0.1) is 6.92 Å². The molecule has 0 aliphatic heterocycles. The van der Waals surface area contributed by atoms with Crippen molar-refractivity contribution in [2.45, 2.75) is 13.1 Å². The van der Waals surface area contributed by atoms with Gasteiger partial charge in [-0.1, -0.05) is 18.2 Å². The monoisotopic (exact) mass is 412 g/mol. The van der Waals surface area contributed by atoms with Gasteiger partial charge in [0.15, 0.2) is 0 Å². The maximum absolute atomic E-state index is 13.2. The molecule has 0 aliphatic carbocycles. The topological polar surface area (TPSA) is 34.9 Å². The lowest BCUT2D eigenvalue weighted by Crippen LogP contribution is -2.22. The van der Waals surface area contributed by atoms with Crippen LogP contribution in [0.5, 0.6) is 0 Å². The van der Waals surface area contributed by atoms with E-state index in [1.165, 1.54) is 28.0 Å². The van der Waals surface area contributed by atoms with Gasteiger partial charge >= 0.3 is 6.18 Å². The third-order valence-corrected chi connectivity index (χ3v) is 5.50. The van der Waals surface area contributed by atoms with Crippen molar-refractivity contribution in [2.24, 2.45) is 0 Å². The molecule has 0 spiro atoms. The molecule has 29 heavy (non-hydrogen) atoms. The summed E-state index contributed by atoms with van der Waals surface area (Å²) in [6.45, 7) is 1.96. The second kappa shape index (κ2) is 7.33. The summed E-state index contributed by atoms with van der Waals surface area (Å²) in [5.41, 5.74) is 0.436. The fourth-order valence-corrected chi connectivity index (χ4v) is 3.86. The third-order valence-electron chi connectivity index (χ3n) is 4.52. The van der Waals surface area contributed by atoms with Gasteiger partial charge in [-0.05, 0) is 66.4 Å². The second-order valence-corrected chi connectivity index (χ2v) is 7.42. The molecule has 4 aromatic rings. The summed E-state index contributed by atoms with van der Waals surface area (Å²) in [7, 11) is 0. The van der Waals surface area contributed by atoms with Crippen LogP contribution in [0.2, 0.25) is 0 Å². The van der Waals surface area contributed by atoms with Crippen molar-refractivity contribution >= 4 is 34.4 Å². The van der Waals surface area contributed by atoms with Gasteiger partial charge in [-0.3, -0.25) is 9.36 Å². The first-order valence-electron chi connectivity index (χ1n) is 8.76. The molecular weight excluding hydrogens is 397 g/mol. The minimum Gasteiger partial charge on any atom is -0.268 e. The standard InChI is InChI=1S/C22H15F3N2OS/c1-14-11-12-29-19(14)9-10-20-26-18-8-3-2-7-17(18)21(28)27(20)16-6-4-5-15(13-16)22(23,24)25/h2-13H,1H3. The van der Waals surface area contributed by atoms with E-state index in [9.17, 15) is 18.0 Å². The van der Waals surface area contributed by atoms with E-state index in [1.807, 2.05) is 24.4 Å². The molecule has 2 heterocycles. The highest BCUT2D eigenvalue weighted by Gasteiger charge is 2.30. The minimum atomic E-state index is -4.51. The summed E-state index contributed by atoms with van der Waals surface area (Å²) >= 11 is 1.53. The number of aryl methyl sites for hydroxylation is 1. The molecule has 0 bridgehead atoms. The smallest absolute Gasteiger partial charge is 0.268 e. The minimum absolute atomic E-state index is 0.116. The molecule has 0 fully saturated rings. The van der Waals surface area contributed by atoms with Gasteiger partial charge in [0, 0.05) is 4.88 Å². The van der Waals surface area contributed by atoms with Gasteiger partial charge in [-0.2, -0.15) is 13.2 Å². The number of halogens is 3. The van der Waals surface area contributed by atoms with Crippen LogP contribution in [-0.2, 0) is 6.18 Å². The van der Waals surface area contributed by atoms with Crippen molar-refractivity contribution in [2.75, 3.05) is 0 Å². The molecule has 0 radical (unpaired) electrons. The number of hydrogen-bond acceptors (Lipinski definition) is 3. The van der Waals surface area contributed by atoms with E-state index in [-0.39, 0.29) is 11.5 Å². The van der Waals surface area contributed by atoms with Gasteiger partial charge in [0.25, 0.3) is 5.56 Å². The van der Waals surface area contributed by atoms with E-state index in [1.54, 1.807) is 30.3 Å². The summed E-state index contributed by atoms with van der Waals surface area (Å²) < 4.78 is 40.8. The molecule has 7 heteroatoms. The molecule has 0 aliphatic rings. The van der Waals surface area contributed by atoms with Gasteiger partial charge in [0.05, 0.1) is 22.2 Å². The number of rotatable bonds is 3. The lowest BCUT2D eigenvalue weighted by Gasteiger charge is -2.13.